The molecule has 0 radical (unpaired) electrons. The number of halogens is 3. The summed E-state index contributed by atoms with van der Waals surface area (Å²) in [6.07, 6.45) is -0.0725. The lowest BCUT2D eigenvalue weighted by atomic mass is 9.86. The van der Waals surface area contributed by atoms with Crippen LogP contribution < -0.4 is 9.47 Å². The summed E-state index contributed by atoms with van der Waals surface area (Å²) in [6.45, 7) is 0.195. The zero-order valence-electron chi connectivity index (χ0n) is 17.3. The van der Waals surface area contributed by atoms with E-state index in [1.165, 1.54) is 41.0 Å². The number of ether oxygens (including phenoxy) is 3. The Hall–Kier alpha value is -2.63. The highest BCUT2D eigenvalue weighted by Gasteiger charge is 2.45. The summed E-state index contributed by atoms with van der Waals surface area (Å²) in [7, 11) is 0. The summed E-state index contributed by atoms with van der Waals surface area (Å²) in [5, 5.41) is 21.7. The van der Waals surface area contributed by atoms with Crippen LogP contribution in [0.2, 0.25) is 0 Å². The number of fused-ring (bicyclic) bond motifs is 1. The summed E-state index contributed by atoms with van der Waals surface area (Å²) in [5.74, 6) is -0.969. The van der Waals surface area contributed by atoms with Crippen molar-refractivity contribution >= 4 is 17.3 Å². The molecule has 7 nitrogen and oxygen atoms in total. The molecule has 0 unspecified atom stereocenters. The van der Waals surface area contributed by atoms with E-state index in [4.69, 9.17) is 14.6 Å². The molecule has 0 spiro atoms. The van der Waals surface area contributed by atoms with E-state index in [0.29, 0.717) is 23.6 Å². The molecular weight excluding hydrogens is 463 g/mol. The number of aliphatic hydroxyl groups is 1. The molecule has 1 aliphatic carbocycles. The van der Waals surface area contributed by atoms with Crippen LogP contribution in [0, 0.1) is 11.8 Å². The minimum Gasteiger partial charge on any atom is -0.490 e. The standard InChI is InChI=1S/C22H22F3NO6S/c23-22(24,25)32-13-5-3-12(4-6-13)30-9-1-2-14-15-7-8-18(31-19(15)10-17(14)27)20-26-16(11-33-20)21(28)29/h1-6,11,14-15,17-19,27H,7-10H2,(H,28,29)/b2-1+/t14-,15-,17-,18-,19+/m1/s1. The van der Waals surface area contributed by atoms with E-state index in [2.05, 4.69) is 9.72 Å². The molecule has 5 atom stereocenters. The third-order valence-corrected chi connectivity index (χ3v) is 6.71. The van der Waals surface area contributed by atoms with Crippen molar-refractivity contribution in [2.45, 2.75) is 43.9 Å². The van der Waals surface area contributed by atoms with Gasteiger partial charge in [-0.1, -0.05) is 12.2 Å². The first-order valence-electron chi connectivity index (χ1n) is 10.4. The number of aliphatic hydroxyl groups excluding tert-OH is 1. The van der Waals surface area contributed by atoms with Gasteiger partial charge in [0.25, 0.3) is 0 Å². The molecule has 2 fully saturated rings. The summed E-state index contributed by atoms with van der Waals surface area (Å²) < 4.78 is 52.1. The number of carboxylic acid groups (broad SMARTS) is 1. The van der Waals surface area contributed by atoms with Crippen LogP contribution in [0.3, 0.4) is 0 Å². The maximum absolute atomic E-state index is 12.2. The predicted molar refractivity (Wildman–Crippen MR) is 111 cm³/mol. The van der Waals surface area contributed by atoms with E-state index < -0.39 is 18.4 Å². The molecule has 2 heterocycles. The van der Waals surface area contributed by atoms with Crippen molar-refractivity contribution in [3.8, 4) is 11.5 Å². The first kappa shape index (κ1) is 23.5. The summed E-state index contributed by atoms with van der Waals surface area (Å²) in [5.41, 5.74) is 0.00973. The van der Waals surface area contributed by atoms with Crippen molar-refractivity contribution in [2.24, 2.45) is 11.8 Å². The summed E-state index contributed by atoms with van der Waals surface area (Å²) in [6, 6.07) is 5.13. The number of alkyl halides is 3. The second kappa shape index (κ2) is 9.70. The molecule has 1 aliphatic heterocycles. The van der Waals surface area contributed by atoms with Gasteiger partial charge in [-0.15, -0.1) is 24.5 Å². The first-order valence-corrected chi connectivity index (χ1v) is 11.2. The lowest BCUT2D eigenvalue weighted by Gasteiger charge is -2.33. The highest BCUT2D eigenvalue weighted by atomic mass is 32.1. The van der Waals surface area contributed by atoms with Crippen LogP contribution in [-0.2, 0) is 4.74 Å². The minimum absolute atomic E-state index is 0.00973. The van der Waals surface area contributed by atoms with E-state index >= 15 is 0 Å². The zero-order valence-corrected chi connectivity index (χ0v) is 18.1. The molecule has 4 rings (SSSR count). The van der Waals surface area contributed by atoms with Gasteiger partial charge in [0, 0.05) is 17.7 Å². The van der Waals surface area contributed by atoms with E-state index in [-0.39, 0.29) is 42.1 Å². The summed E-state index contributed by atoms with van der Waals surface area (Å²) in [4.78, 5) is 15.2. The molecule has 1 saturated heterocycles. The fourth-order valence-electron chi connectivity index (χ4n) is 4.34. The maximum Gasteiger partial charge on any atom is 0.573 e. The maximum atomic E-state index is 12.2. The normalized spacial score (nSPS) is 27.5. The smallest absolute Gasteiger partial charge is 0.490 e. The molecule has 1 aromatic heterocycles. The highest BCUT2D eigenvalue weighted by Crippen LogP contribution is 2.46. The Balaban J connectivity index is 1.28. The number of aromatic nitrogens is 1. The van der Waals surface area contributed by atoms with Crippen LogP contribution in [0.15, 0.2) is 41.8 Å². The zero-order chi connectivity index (χ0) is 23.6. The Bertz CT molecular complexity index is 993. The molecule has 0 amide bonds. The third kappa shape index (κ3) is 5.84. The molecular formula is C22H22F3NO6S. The van der Waals surface area contributed by atoms with Crippen molar-refractivity contribution < 1.29 is 42.4 Å². The SMILES string of the molecule is O=C(O)c1csc([C@H]2CC[C@@H]3[C@@H](/C=C/COc4ccc(OC(F)(F)F)cc4)[C@H](O)C[C@@H]3O2)n1. The van der Waals surface area contributed by atoms with Crippen molar-refractivity contribution in [1.82, 2.24) is 4.98 Å². The Kier molecular flexibility index (Phi) is 6.91. The molecule has 1 saturated carbocycles. The molecule has 11 heteroatoms. The van der Waals surface area contributed by atoms with E-state index in [0.717, 1.165) is 6.42 Å². The van der Waals surface area contributed by atoms with Crippen molar-refractivity contribution in [3.63, 3.8) is 0 Å². The van der Waals surface area contributed by atoms with Gasteiger partial charge in [0.1, 0.15) is 29.2 Å². The lowest BCUT2D eigenvalue weighted by molar-refractivity contribution is -0.274. The Morgan fingerprint density at radius 1 is 1.24 bits per heavy atom. The van der Waals surface area contributed by atoms with Gasteiger partial charge in [0.15, 0.2) is 5.69 Å². The van der Waals surface area contributed by atoms with Crippen LogP contribution in [-0.4, -0.2) is 46.3 Å². The number of hydrogen-bond donors (Lipinski definition) is 2. The van der Waals surface area contributed by atoms with Gasteiger partial charge in [0.2, 0.25) is 0 Å². The number of nitrogens with zero attached hydrogens (tertiary/aromatic N) is 1. The van der Waals surface area contributed by atoms with Gasteiger partial charge in [-0.25, -0.2) is 9.78 Å². The van der Waals surface area contributed by atoms with Gasteiger partial charge in [-0.3, -0.25) is 0 Å². The second-order valence-electron chi connectivity index (χ2n) is 7.92. The number of carbonyl (C=O) groups is 1. The average Bonchev–Trinajstić information content (AvgIpc) is 3.36. The summed E-state index contributed by atoms with van der Waals surface area (Å²) >= 11 is 1.26. The number of hydrogen-bond acceptors (Lipinski definition) is 7. The fraction of sp³-hybridized carbons (Fsp3) is 0.455. The lowest BCUT2D eigenvalue weighted by Crippen LogP contribution is -2.30. The topological polar surface area (TPSA) is 98.1 Å². The second-order valence-corrected chi connectivity index (χ2v) is 8.81. The number of benzene rings is 1. The van der Waals surface area contributed by atoms with Crippen molar-refractivity contribution in [3.05, 3.63) is 52.5 Å². The van der Waals surface area contributed by atoms with Gasteiger partial charge < -0.3 is 24.4 Å². The largest absolute Gasteiger partial charge is 0.573 e. The minimum atomic E-state index is -4.74. The van der Waals surface area contributed by atoms with Gasteiger partial charge in [0.05, 0.1) is 12.2 Å². The third-order valence-electron chi connectivity index (χ3n) is 5.77. The fourth-order valence-corrected chi connectivity index (χ4v) is 5.20. The van der Waals surface area contributed by atoms with Gasteiger partial charge in [-0.2, -0.15) is 0 Å². The van der Waals surface area contributed by atoms with E-state index in [9.17, 15) is 23.1 Å². The number of aromatic carboxylic acids is 1. The Morgan fingerprint density at radius 3 is 2.64 bits per heavy atom. The molecule has 2 aliphatic rings. The number of carboxylic acids is 1. The first-order chi connectivity index (χ1) is 15.7. The Labute approximate surface area is 191 Å². The predicted octanol–water partition coefficient (Wildman–Crippen LogP) is 4.59. The monoisotopic (exact) mass is 485 g/mol. The molecule has 1 aromatic carbocycles. The van der Waals surface area contributed by atoms with Crippen LogP contribution in [0.5, 0.6) is 11.5 Å². The van der Waals surface area contributed by atoms with Gasteiger partial charge in [-0.05, 0) is 43.0 Å². The van der Waals surface area contributed by atoms with Crippen molar-refractivity contribution in [2.75, 3.05) is 6.61 Å². The number of thiazole rings is 1. The van der Waals surface area contributed by atoms with Crippen molar-refractivity contribution in [1.29, 1.82) is 0 Å². The Morgan fingerprint density at radius 2 is 1.97 bits per heavy atom. The van der Waals surface area contributed by atoms with E-state index in [1.54, 1.807) is 6.08 Å². The van der Waals surface area contributed by atoms with Gasteiger partial charge >= 0.3 is 12.3 Å². The van der Waals surface area contributed by atoms with Crippen LogP contribution in [0.1, 0.15) is 40.9 Å². The van der Waals surface area contributed by atoms with Crippen LogP contribution in [0.4, 0.5) is 13.2 Å². The van der Waals surface area contributed by atoms with E-state index in [1.807, 2.05) is 6.08 Å². The molecule has 33 heavy (non-hydrogen) atoms. The average molecular weight is 485 g/mol. The van der Waals surface area contributed by atoms with Crippen LogP contribution in [0.25, 0.3) is 0 Å². The molecule has 2 aromatic rings. The highest BCUT2D eigenvalue weighted by molar-refractivity contribution is 7.09. The molecule has 0 bridgehead atoms. The number of rotatable bonds is 7. The quantitative estimate of drug-likeness (QED) is 0.554. The molecule has 178 valence electrons. The van der Waals surface area contributed by atoms with Crippen LogP contribution >= 0.6 is 11.3 Å². The molecule has 2 N–H and O–H groups in total.